The second kappa shape index (κ2) is 4.35. The highest BCUT2D eigenvalue weighted by atomic mass is 16.7. The molecule has 0 spiro atoms. The van der Waals surface area contributed by atoms with E-state index >= 15 is 0 Å². The summed E-state index contributed by atoms with van der Waals surface area (Å²) in [6.07, 6.45) is 2.88. The first-order chi connectivity index (χ1) is 9.13. The fourth-order valence-electron chi connectivity index (χ4n) is 2.67. The van der Waals surface area contributed by atoms with E-state index < -0.39 is 0 Å². The van der Waals surface area contributed by atoms with Crippen molar-refractivity contribution < 1.29 is 9.63 Å². The Hall–Kier alpha value is -1.88. The number of carbonyl (C=O) groups is 1. The molecule has 1 saturated carbocycles. The van der Waals surface area contributed by atoms with Crippen molar-refractivity contribution in [3.8, 4) is 0 Å². The first kappa shape index (κ1) is 12.2. The highest BCUT2D eigenvalue weighted by molar-refractivity contribution is 5.82. The topological polar surface area (TPSA) is 46.8 Å². The Morgan fingerprint density at radius 2 is 2.32 bits per heavy atom. The molecule has 0 bridgehead atoms. The van der Waals surface area contributed by atoms with Gasteiger partial charge in [-0.05, 0) is 25.5 Å². The second-order valence-corrected chi connectivity index (χ2v) is 4.98. The molecule has 5 heteroatoms. The van der Waals surface area contributed by atoms with E-state index in [1.165, 1.54) is 12.2 Å². The van der Waals surface area contributed by atoms with Gasteiger partial charge in [0.25, 0.3) is 0 Å². The van der Waals surface area contributed by atoms with Crippen LogP contribution in [0.1, 0.15) is 23.7 Å². The molecule has 1 amide bonds. The van der Waals surface area contributed by atoms with Crippen LogP contribution in [-0.4, -0.2) is 34.5 Å². The lowest BCUT2D eigenvalue weighted by molar-refractivity contribution is -0.170. The van der Waals surface area contributed by atoms with Gasteiger partial charge in [-0.3, -0.25) is 9.63 Å². The van der Waals surface area contributed by atoms with Crippen LogP contribution < -0.4 is 0 Å². The Morgan fingerprint density at radius 3 is 3.05 bits per heavy atom. The number of pyridine rings is 1. The standard InChI is InChI=1S/C14H17N3O2/c1-9-13(17-7-5-4-6-12(17)15-9)10-8-11(10)14(18)16(2)19-3/h4-7,10-11H,8H2,1-3H3. The molecule has 19 heavy (non-hydrogen) atoms. The number of aryl methyl sites for hydroxylation is 1. The average Bonchev–Trinajstić information content (AvgIpc) is 3.12. The molecule has 1 aliphatic rings. The largest absolute Gasteiger partial charge is 0.304 e. The Kier molecular flexibility index (Phi) is 2.78. The summed E-state index contributed by atoms with van der Waals surface area (Å²) < 4.78 is 2.08. The summed E-state index contributed by atoms with van der Waals surface area (Å²) >= 11 is 0. The van der Waals surface area contributed by atoms with E-state index in [0.717, 1.165) is 23.5 Å². The quantitative estimate of drug-likeness (QED) is 0.789. The molecule has 2 heterocycles. The number of fused-ring (bicyclic) bond motifs is 1. The molecule has 2 aromatic heterocycles. The number of hydrogen-bond donors (Lipinski definition) is 0. The van der Waals surface area contributed by atoms with E-state index in [2.05, 4.69) is 9.38 Å². The van der Waals surface area contributed by atoms with Gasteiger partial charge >= 0.3 is 0 Å². The molecule has 5 nitrogen and oxygen atoms in total. The van der Waals surface area contributed by atoms with Crippen LogP contribution in [0.15, 0.2) is 24.4 Å². The smallest absolute Gasteiger partial charge is 0.249 e. The average molecular weight is 259 g/mol. The molecule has 1 aliphatic carbocycles. The van der Waals surface area contributed by atoms with E-state index in [-0.39, 0.29) is 17.7 Å². The van der Waals surface area contributed by atoms with Gasteiger partial charge in [-0.15, -0.1) is 0 Å². The SMILES string of the molecule is CON(C)C(=O)C1CC1c1c(C)nc2ccccn12. The molecule has 0 aliphatic heterocycles. The molecule has 0 saturated heterocycles. The Balaban J connectivity index is 1.91. The molecule has 0 aromatic carbocycles. The molecule has 2 atom stereocenters. The van der Waals surface area contributed by atoms with Crippen molar-refractivity contribution >= 4 is 11.6 Å². The van der Waals surface area contributed by atoms with Gasteiger partial charge in [0.2, 0.25) is 5.91 Å². The zero-order valence-electron chi connectivity index (χ0n) is 11.3. The third-order valence-corrected chi connectivity index (χ3v) is 3.79. The van der Waals surface area contributed by atoms with Gasteiger partial charge in [-0.1, -0.05) is 6.07 Å². The maximum absolute atomic E-state index is 12.1. The van der Waals surface area contributed by atoms with Crippen LogP contribution >= 0.6 is 0 Å². The molecular weight excluding hydrogens is 242 g/mol. The van der Waals surface area contributed by atoms with E-state index in [4.69, 9.17) is 4.84 Å². The summed E-state index contributed by atoms with van der Waals surface area (Å²) in [6.45, 7) is 2.00. The summed E-state index contributed by atoms with van der Waals surface area (Å²) in [5.74, 6) is 0.309. The zero-order valence-corrected chi connectivity index (χ0v) is 11.3. The minimum atomic E-state index is 0.0174. The van der Waals surface area contributed by atoms with Crippen LogP contribution in [0.3, 0.4) is 0 Å². The number of aromatic nitrogens is 2. The van der Waals surface area contributed by atoms with E-state index in [1.807, 2.05) is 31.3 Å². The monoisotopic (exact) mass is 259 g/mol. The van der Waals surface area contributed by atoms with Crippen molar-refractivity contribution in [1.82, 2.24) is 14.4 Å². The number of hydroxylamine groups is 2. The van der Waals surface area contributed by atoms with Crippen molar-refractivity contribution in [2.24, 2.45) is 5.92 Å². The number of rotatable bonds is 3. The molecule has 0 N–H and O–H groups in total. The Labute approximate surface area is 111 Å². The molecule has 0 radical (unpaired) electrons. The first-order valence-electron chi connectivity index (χ1n) is 6.38. The predicted octanol–water partition coefficient (Wildman–Crippen LogP) is 1.77. The summed E-state index contributed by atoms with van der Waals surface area (Å²) in [4.78, 5) is 21.6. The number of amides is 1. The van der Waals surface area contributed by atoms with Crippen LogP contribution in [0.4, 0.5) is 0 Å². The Bertz CT molecular complexity index is 635. The maximum atomic E-state index is 12.1. The van der Waals surface area contributed by atoms with Crippen molar-refractivity contribution in [3.63, 3.8) is 0 Å². The van der Waals surface area contributed by atoms with Crippen molar-refractivity contribution in [2.75, 3.05) is 14.2 Å². The minimum Gasteiger partial charge on any atom is -0.304 e. The first-order valence-corrected chi connectivity index (χ1v) is 6.38. The fourth-order valence-corrected chi connectivity index (χ4v) is 2.67. The van der Waals surface area contributed by atoms with Crippen molar-refractivity contribution in [3.05, 3.63) is 35.8 Å². The lowest BCUT2D eigenvalue weighted by Gasteiger charge is -2.13. The zero-order chi connectivity index (χ0) is 13.6. The molecule has 2 unspecified atom stereocenters. The molecular formula is C14H17N3O2. The third-order valence-electron chi connectivity index (χ3n) is 3.79. The van der Waals surface area contributed by atoms with E-state index in [1.54, 1.807) is 7.05 Å². The van der Waals surface area contributed by atoms with Gasteiger partial charge < -0.3 is 4.40 Å². The number of imidazole rings is 1. The van der Waals surface area contributed by atoms with E-state index in [9.17, 15) is 4.79 Å². The Morgan fingerprint density at radius 1 is 1.53 bits per heavy atom. The molecule has 3 rings (SSSR count). The fraction of sp³-hybridized carbons (Fsp3) is 0.429. The summed E-state index contributed by atoms with van der Waals surface area (Å²) in [6, 6.07) is 5.94. The van der Waals surface area contributed by atoms with Gasteiger partial charge in [0, 0.05) is 30.8 Å². The van der Waals surface area contributed by atoms with Crippen LogP contribution in [-0.2, 0) is 9.63 Å². The summed E-state index contributed by atoms with van der Waals surface area (Å²) in [5, 5.41) is 1.31. The van der Waals surface area contributed by atoms with Gasteiger partial charge in [0.1, 0.15) is 5.65 Å². The molecule has 1 fully saturated rings. The highest BCUT2D eigenvalue weighted by Crippen LogP contribution is 2.49. The number of hydrogen-bond acceptors (Lipinski definition) is 3. The number of nitrogens with zero attached hydrogens (tertiary/aromatic N) is 3. The van der Waals surface area contributed by atoms with Gasteiger partial charge in [-0.2, -0.15) is 0 Å². The normalized spacial score (nSPS) is 21.6. The third kappa shape index (κ3) is 1.90. The summed E-state index contributed by atoms with van der Waals surface area (Å²) in [5.41, 5.74) is 3.10. The van der Waals surface area contributed by atoms with Crippen LogP contribution in [0.25, 0.3) is 5.65 Å². The van der Waals surface area contributed by atoms with Gasteiger partial charge in [0.15, 0.2) is 0 Å². The molecule has 100 valence electrons. The van der Waals surface area contributed by atoms with Crippen LogP contribution in [0, 0.1) is 12.8 Å². The minimum absolute atomic E-state index is 0.0174. The van der Waals surface area contributed by atoms with Crippen LogP contribution in [0.5, 0.6) is 0 Å². The predicted molar refractivity (Wildman–Crippen MR) is 70.6 cm³/mol. The van der Waals surface area contributed by atoms with E-state index in [0.29, 0.717) is 0 Å². The molecule has 2 aromatic rings. The van der Waals surface area contributed by atoms with Crippen molar-refractivity contribution in [1.29, 1.82) is 0 Å². The van der Waals surface area contributed by atoms with Gasteiger partial charge in [0.05, 0.1) is 12.8 Å². The number of carbonyl (C=O) groups excluding carboxylic acids is 1. The van der Waals surface area contributed by atoms with Crippen molar-refractivity contribution in [2.45, 2.75) is 19.3 Å². The van der Waals surface area contributed by atoms with Crippen LogP contribution in [0.2, 0.25) is 0 Å². The second-order valence-electron chi connectivity index (χ2n) is 4.98. The maximum Gasteiger partial charge on any atom is 0.249 e. The summed E-state index contributed by atoms with van der Waals surface area (Å²) in [7, 11) is 3.16. The van der Waals surface area contributed by atoms with Gasteiger partial charge in [-0.25, -0.2) is 10.0 Å². The lowest BCUT2D eigenvalue weighted by Crippen LogP contribution is -2.27. The lowest BCUT2D eigenvalue weighted by atomic mass is 10.2. The highest BCUT2D eigenvalue weighted by Gasteiger charge is 2.47.